The Morgan fingerprint density at radius 3 is 2.47 bits per heavy atom. The number of nitrogens with zero attached hydrogens (tertiary/aromatic N) is 1. The van der Waals surface area contributed by atoms with Gasteiger partial charge in [0.05, 0.1) is 6.54 Å². The lowest BCUT2D eigenvalue weighted by Crippen LogP contribution is -2.41. The summed E-state index contributed by atoms with van der Waals surface area (Å²) in [7, 11) is 0. The molecule has 1 saturated carbocycles. The van der Waals surface area contributed by atoms with Gasteiger partial charge < -0.3 is 5.73 Å². The van der Waals surface area contributed by atoms with Gasteiger partial charge in [0.25, 0.3) is 0 Å². The van der Waals surface area contributed by atoms with Gasteiger partial charge in [-0.25, -0.2) is 0 Å². The number of rotatable bonds is 5. The predicted octanol–water partition coefficient (Wildman–Crippen LogP) is 1.17. The molecule has 2 rings (SSSR count). The van der Waals surface area contributed by atoms with E-state index in [0.717, 1.165) is 44.7 Å². The van der Waals surface area contributed by atoms with E-state index in [2.05, 4.69) is 4.90 Å². The molecule has 15 heavy (non-hydrogen) atoms. The molecule has 0 spiro atoms. The summed E-state index contributed by atoms with van der Waals surface area (Å²) in [6.45, 7) is 2.69. The second-order valence-corrected chi connectivity index (χ2v) is 5.13. The minimum absolute atomic E-state index is 0.364. The van der Waals surface area contributed by atoms with Gasteiger partial charge >= 0.3 is 0 Å². The Bertz CT molecular complexity index is 218. The van der Waals surface area contributed by atoms with Crippen molar-refractivity contribution in [3.05, 3.63) is 0 Å². The van der Waals surface area contributed by atoms with E-state index in [0.29, 0.717) is 18.4 Å². The number of hydrogen-bond acceptors (Lipinski definition) is 3. The largest absolute Gasteiger partial charge is 0.328 e. The normalized spacial score (nSPS) is 24.3. The first-order valence-electron chi connectivity index (χ1n) is 6.23. The van der Waals surface area contributed by atoms with Crippen LogP contribution in [0.2, 0.25) is 0 Å². The molecule has 1 saturated heterocycles. The molecule has 0 aromatic rings. The number of hydrogen-bond donors (Lipinski definition) is 1. The van der Waals surface area contributed by atoms with Crippen molar-refractivity contribution in [3.63, 3.8) is 0 Å². The van der Waals surface area contributed by atoms with Gasteiger partial charge in [0.15, 0.2) is 0 Å². The molecule has 1 aliphatic heterocycles. The third-order valence-electron chi connectivity index (χ3n) is 3.56. The topological polar surface area (TPSA) is 46.3 Å². The molecule has 0 aromatic heterocycles. The van der Waals surface area contributed by atoms with Gasteiger partial charge in [-0.15, -0.1) is 0 Å². The molecule has 2 N–H and O–H groups in total. The fourth-order valence-corrected chi connectivity index (χ4v) is 2.21. The molecule has 2 fully saturated rings. The van der Waals surface area contributed by atoms with Crippen molar-refractivity contribution in [2.75, 3.05) is 19.6 Å². The molecule has 86 valence electrons. The van der Waals surface area contributed by atoms with E-state index in [1.54, 1.807) is 0 Å². The Morgan fingerprint density at radius 2 is 1.87 bits per heavy atom. The van der Waals surface area contributed by atoms with Crippen molar-refractivity contribution in [2.24, 2.45) is 11.7 Å². The highest BCUT2D eigenvalue weighted by atomic mass is 16.1. The van der Waals surface area contributed by atoms with E-state index in [9.17, 15) is 4.79 Å². The summed E-state index contributed by atoms with van der Waals surface area (Å²) < 4.78 is 0. The second-order valence-electron chi connectivity index (χ2n) is 5.13. The first kappa shape index (κ1) is 11.1. The summed E-state index contributed by atoms with van der Waals surface area (Å²) >= 11 is 0. The van der Waals surface area contributed by atoms with Crippen LogP contribution >= 0.6 is 0 Å². The highest BCUT2D eigenvalue weighted by Gasteiger charge is 2.23. The maximum Gasteiger partial charge on any atom is 0.146 e. The number of likely N-dealkylation sites (tertiary alicyclic amines) is 1. The van der Waals surface area contributed by atoms with Crippen LogP contribution in [-0.2, 0) is 4.79 Å². The average Bonchev–Trinajstić information content (AvgIpc) is 3.02. The SMILES string of the molecule is NC1CCN(CC(=O)CCC2CC2)CC1. The van der Waals surface area contributed by atoms with E-state index in [-0.39, 0.29) is 0 Å². The minimum atomic E-state index is 0.364. The number of nitrogens with two attached hydrogens (primary N) is 1. The van der Waals surface area contributed by atoms with Gasteiger partial charge in [-0.3, -0.25) is 9.69 Å². The standard InChI is InChI=1S/C12H22N2O/c13-11-5-7-14(8-6-11)9-12(15)4-3-10-1-2-10/h10-11H,1-9,13H2. The molecular formula is C12H22N2O. The molecule has 0 radical (unpaired) electrons. The van der Waals surface area contributed by atoms with Gasteiger partial charge in [0, 0.05) is 25.6 Å². The van der Waals surface area contributed by atoms with Crippen molar-refractivity contribution in [3.8, 4) is 0 Å². The van der Waals surface area contributed by atoms with Crippen LogP contribution in [-0.4, -0.2) is 36.4 Å². The molecule has 3 nitrogen and oxygen atoms in total. The van der Waals surface area contributed by atoms with Gasteiger partial charge in [0.2, 0.25) is 0 Å². The van der Waals surface area contributed by atoms with E-state index in [4.69, 9.17) is 5.73 Å². The van der Waals surface area contributed by atoms with Gasteiger partial charge in [-0.05, 0) is 25.2 Å². The van der Waals surface area contributed by atoms with Crippen molar-refractivity contribution in [1.29, 1.82) is 0 Å². The summed E-state index contributed by atoms with van der Waals surface area (Å²) in [6, 6.07) is 0.364. The third-order valence-corrected chi connectivity index (χ3v) is 3.56. The van der Waals surface area contributed by atoms with Crippen LogP contribution in [0.25, 0.3) is 0 Å². The smallest absolute Gasteiger partial charge is 0.146 e. The van der Waals surface area contributed by atoms with Crippen LogP contribution in [0.1, 0.15) is 38.5 Å². The van der Waals surface area contributed by atoms with Crippen LogP contribution in [0.4, 0.5) is 0 Å². The maximum atomic E-state index is 11.7. The van der Waals surface area contributed by atoms with Gasteiger partial charge in [0.1, 0.15) is 5.78 Å². The Morgan fingerprint density at radius 1 is 1.20 bits per heavy atom. The lowest BCUT2D eigenvalue weighted by Gasteiger charge is -2.29. The molecule has 0 atom stereocenters. The Hall–Kier alpha value is -0.410. The molecule has 0 unspecified atom stereocenters. The van der Waals surface area contributed by atoms with Crippen molar-refractivity contribution in [2.45, 2.75) is 44.6 Å². The number of ketones is 1. The highest BCUT2D eigenvalue weighted by Crippen LogP contribution is 2.33. The third kappa shape index (κ3) is 3.92. The quantitative estimate of drug-likeness (QED) is 0.741. The fourth-order valence-electron chi connectivity index (χ4n) is 2.21. The van der Waals surface area contributed by atoms with Crippen LogP contribution in [0.5, 0.6) is 0 Å². The Balaban J connectivity index is 1.60. The first-order valence-corrected chi connectivity index (χ1v) is 6.23. The summed E-state index contributed by atoms with van der Waals surface area (Å²) in [5.41, 5.74) is 5.82. The van der Waals surface area contributed by atoms with Crippen LogP contribution in [0.15, 0.2) is 0 Å². The molecule has 0 aromatic carbocycles. The lowest BCUT2D eigenvalue weighted by molar-refractivity contribution is -0.120. The lowest BCUT2D eigenvalue weighted by atomic mass is 10.1. The van der Waals surface area contributed by atoms with Crippen LogP contribution < -0.4 is 5.73 Å². The van der Waals surface area contributed by atoms with E-state index in [1.165, 1.54) is 12.8 Å². The molecule has 2 aliphatic rings. The minimum Gasteiger partial charge on any atom is -0.328 e. The molecular weight excluding hydrogens is 188 g/mol. The van der Waals surface area contributed by atoms with E-state index >= 15 is 0 Å². The van der Waals surface area contributed by atoms with Gasteiger partial charge in [-0.2, -0.15) is 0 Å². The number of carbonyl (C=O) groups is 1. The maximum absolute atomic E-state index is 11.7. The van der Waals surface area contributed by atoms with E-state index in [1.807, 2.05) is 0 Å². The molecule has 1 heterocycles. The zero-order chi connectivity index (χ0) is 10.7. The zero-order valence-electron chi connectivity index (χ0n) is 9.45. The first-order chi connectivity index (χ1) is 7.24. The van der Waals surface area contributed by atoms with Crippen LogP contribution in [0, 0.1) is 5.92 Å². The molecule has 3 heteroatoms. The molecule has 0 amide bonds. The molecule has 0 bridgehead atoms. The summed E-state index contributed by atoms with van der Waals surface area (Å²) in [5, 5.41) is 0. The van der Waals surface area contributed by atoms with Crippen molar-refractivity contribution < 1.29 is 4.79 Å². The van der Waals surface area contributed by atoms with Crippen LogP contribution in [0.3, 0.4) is 0 Å². The summed E-state index contributed by atoms with van der Waals surface area (Å²) in [5.74, 6) is 1.31. The average molecular weight is 210 g/mol. The molecule has 1 aliphatic carbocycles. The Kier molecular flexibility index (Phi) is 3.76. The summed E-state index contributed by atoms with van der Waals surface area (Å²) in [6.07, 6.45) is 6.74. The zero-order valence-corrected chi connectivity index (χ0v) is 9.45. The Labute approximate surface area is 92.0 Å². The van der Waals surface area contributed by atoms with E-state index < -0.39 is 0 Å². The number of piperidine rings is 1. The second kappa shape index (κ2) is 5.08. The highest BCUT2D eigenvalue weighted by molar-refractivity contribution is 5.80. The summed E-state index contributed by atoms with van der Waals surface area (Å²) in [4.78, 5) is 13.9. The monoisotopic (exact) mass is 210 g/mol. The van der Waals surface area contributed by atoms with Gasteiger partial charge in [-0.1, -0.05) is 12.8 Å². The predicted molar refractivity (Wildman–Crippen MR) is 60.6 cm³/mol. The number of Topliss-reactive ketones (excluding diaryl/α,β-unsaturated/α-hetero) is 1. The number of carbonyl (C=O) groups excluding carboxylic acids is 1. The fraction of sp³-hybridized carbons (Fsp3) is 0.917. The van der Waals surface area contributed by atoms with Crippen molar-refractivity contribution in [1.82, 2.24) is 4.90 Å². The van der Waals surface area contributed by atoms with Crippen molar-refractivity contribution >= 4 is 5.78 Å².